The topological polar surface area (TPSA) is 41.1 Å². The van der Waals surface area contributed by atoms with Crippen LogP contribution in [0.3, 0.4) is 0 Å². The van der Waals surface area contributed by atoms with Gasteiger partial charge in [-0.3, -0.25) is 0 Å². The van der Waals surface area contributed by atoms with Crippen molar-refractivity contribution in [2.45, 2.75) is 44.4 Å². The SMILES string of the molecule is CCNC(=O)NC1CCC(SCC)C1. The van der Waals surface area contributed by atoms with Gasteiger partial charge in [-0.2, -0.15) is 11.8 Å². The van der Waals surface area contributed by atoms with Crippen molar-refractivity contribution in [3.8, 4) is 0 Å². The second-order valence-corrected chi connectivity index (χ2v) is 5.17. The first-order valence-electron chi connectivity index (χ1n) is 5.42. The molecule has 14 heavy (non-hydrogen) atoms. The number of amides is 2. The lowest BCUT2D eigenvalue weighted by Gasteiger charge is -2.13. The van der Waals surface area contributed by atoms with Crippen LogP contribution in [0.15, 0.2) is 0 Å². The molecule has 0 aromatic rings. The minimum Gasteiger partial charge on any atom is -0.338 e. The highest BCUT2D eigenvalue weighted by Gasteiger charge is 2.25. The fourth-order valence-electron chi connectivity index (χ4n) is 1.86. The Morgan fingerprint density at radius 1 is 1.43 bits per heavy atom. The number of urea groups is 1. The molecule has 0 spiro atoms. The van der Waals surface area contributed by atoms with Gasteiger partial charge in [-0.25, -0.2) is 4.79 Å². The van der Waals surface area contributed by atoms with Crippen molar-refractivity contribution in [1.82, 2.24) is 10.6 Å². The smallest absolute Gasteiger partial charge is 0.314 e. The molecule has 2 unspecified atom stereocenters. The maximum atomic E-state index is 11.2. The van der Waals surface area contributed by atoms with Crippen molar-refractivity contribution in [3.05, 3.63) is 0 Å². The van der Waals surface area contributed by atoms with Gasteiger partial charge in [0.1, 0.15) is 0 Å². The van der Waals surface area contributed by atoms with Crippen molar-refractivity contribution < 1.29 is 4.79 Å². The predicted octanol–water partition coefficient (Wildman–Crippen LogP) is 1.98. The average Bonchev–Trinajstić information content (AvgIpc) is 2.53. The third-order valence-corrected chi connectivity index (χ3v) is 3.69. The van der Waals surface area contributed by atoms with Gasteiger partial charge in [-0.05, 0) is 31.9 Å². The van der Waals surface area contributed by atoms with E-state index in [0.29, 0.717) is 12.6 Å². The molecule has 2 atom stereocenters. The summed E-state index contributed by atoms with van der Waals surface area (Å²) >= 11 is 2.01. The Kier molecular flexibility index (Phi) is 5.15. The lowest BCUT2D eigenvalue weighted by atomic mass is 10.2. The van der Waals surface area contributed by atoms with E-state index in [4.69, 9.17) is 0 Å². The van der Waals surface area contributed by atoms with E-state index in [1.807, 2.05) is 18.7 Å². The van der Waals surface area contributed by atoms with E-state index in [-0.39, 0.29) is 6.03 Å². The zero-order chi connectivity index (χ0) is 10.4. The minimum absolute atomic E-state index is 0.0142. The molecule has 3 nitrogen and oxygen atoms in total. The normalized spacial score (nSPS) is 26.1. The molecule has 4 heteroatoms. The van der Waals surface area contributed by atoms with Crippen LogP contribution >= 0.6 is 11.8 Å². The zero-order valence-corrected chi connectivity index (χ0v) is 9.82. The highest BCUT2D eigenvalue weighted by molar-refractivity contribution is 7.99. The van der Waals surface area contributed by atoms with Crippen LogP contribution in [-0.2, 0) is 0 Å². The van der Waals surface area contributed by atoms with Crippen LogP contribution in [-0.4, -0.2) is 29.6 Å². The summed E-state index contributed by atoms with van der Waals surface area (Å²) in [6.07, 6.45) is 3.51. The van der Waals surface area contributed by atoms with Gasteiger partial charge in [0, 0.05) is 17.8 Å². The van der Waals surface area contributed by atoms with Crippen LogP contribution in [0.25, 0.3) is 0 Å². The summed E-state index contributed by atoms with van der Waals surface area (Å²) in [5.74, 6) is 1.18. The fourth-order valence-corrected chi connectivity index (χ4v) is 3.00. The maximum Gasteiger partial charge on any atom is 0.314 e. The summed E-state index contributed by atoms with van der Waals surface area (Å²) in [6, 6.07) is 0.380. The number of carbonyl (C=O) groups excluding carboxylic acids is 1. The fraction of sp³-hybridized carbons (Fsp3) is 0.900. The van der Waals surface area contributed by atoms with Gasteiger partial charge in [-0.1, -0.05) is 6.92 Å². The van der Waals surface area contributed by atoms with E-state index >= 15 is 0 Å². The molecule has 1 aliphatic carbocycles. The third kappa shape index (κ3) is 3.78. The number of hydrogen-bond donors (Lipinski definition) is 2. The van der Waals surface area contributed by atoms with Crippen molar-refractivity contribution in [2.24, 2.45) is 0 Å². The molecule has 0 saturated heterocycles. The Labute approximate surface area is 90.4 Å². The van der Waals surface area contributed by atoms with Crippen LogP contribution in [0.4, 0.5) is 4.79 Å². The monoisotopic (exact) mass is 216 g/mol. The van der Waals surface area contributed by atoms with E-state index in [9.17, 15) is 4.79 Å². The Bertz CT molecular complexity index is 187. The molecule has 1 aliphatic rings. The molecule has 2 N–H and O–H groups in total. The number of hydrogen-bond acceptors (Lipinski definition) is 2. The minimum atomic E-state index is -0.0142. The molecule has 1 rings (SSSR count). The number of rotatable bonds is 4. The maximum absolute atomic E-state index is 11.2. The standard InChI is InChI=1S/C10H20N2OS/c1-3-11-10(13)12-8-5-6-9(7-8)14-4-2/h8-9H,3-7H2,1-2H3,(H2,11,12,13). The molecule has 1 saturated carbocycles. The molecule has 0 aromatic carbocycles. The first kappa shape index (κ1) is 11.7. The molecule has 1 fully saturated rings. The van der Waals surface area contributed by atoms with Gasteiger partial charge in [0.05, 0.1) is 0 Å². The molecule has 82 valence electrons. The highest BCUT2D eigenvalue weighted by atomic mass is 32.2. The summed E-state index contributed by atoms with van der Waals surface area (Å²) in [4.78, 5) is 11.2. The van der Waals surface area contributed by atoms with Gasteiger partial charge in [0.2, 0.25) is 0 Å². The van der Waals surface area contributed by atoms with Crippen molar-refractivity contribution >= 4 is 17.8 Å². The van der Waals surface area contributed by atoms with Crippen LogP contribution in [0.5, 0.6) is 0 Å². The summed E-state index contributed by atoms with van der Waals surface area (Å²) in [5, 5.41) is 6.52. The second kappa shape index (κ2) is 6.17. The number of thioether (sulfide) groups is 1. The van der Waals surface area contributed by atoms with Crippen molar-refractivity contribution in [3.63, 3.8) is 0 Å². The van der Waals surface area contributed by atoms with Gasteiger partial charge in [-0.15, -0.1) is 0 Å². The largest absolute Gasteiger partial charge is 0.338 e. The lowest BCUT2D eigenvalue weighted by Crippen LogP contribution is -2.40. The Morgan fingerprint density at radius 2 is 2.21 bits per heavy atom. The first-order valence-corrected chi connectivity index (χ1v) is 6.47. The van der Waals surface area contributed by atoms with Gasteiger partial charge < -0.3 is 10.6 Å². The molecular formula is C10H20N2OS. The van der Waals surface area contributed by atoms with Gasteiger partial charge in [0.25, 0.3) is 0 Å². The first-order chi connectivity index (χ1) is 6.76. The van der Waals surface area contributed by atoms with Crippen LogP contribution in [0.2, 0.25) is 0 Å². The van der Waals surface area contributed by atoms with Gasteiger partial charge in [0.15, 0.2) is 0 Å². The molecule has 0 bridgehead atoms. The van der Waals surface area contributed by atoms with E-state index in [2.05, 4.69) is 17.6 Å². The lowest BCUT2D eigenvalue weighted by molar-refractivity contribution is 0.237. The summed E-state index contributed by atoms with van der Waals surface area (Å²) < 4.78 is 0. The van der Waals surface area contributed by atoms with Crippen LogP contribution < -0.4 is 10.6 Å². The molecule has 0 radical (unpaired) electrons. The van der Waals surface area contributed by atoms with E-state index in [1.54, 1.807) is 0 Å². The third-order valence-electron chi connectivity index (χ3n) is 2.46. The molecule has 0 aromatic heterocycles. The molecule has 0 heterocycles. The Balaban J connectivity index is 2.18. The molecular weight excluding hydrogens is 196 g/mol. The summed E-state index contributed by atoms with van der Waals surface area (Å²) in [7, 11) is 0. The quantitative estimate of drug-likeness (QED) is 0.754. The van der Waals surface area contributed by atoms with Crippen molar-refractivity contribution in [2.75, 3.05) is 12.3 Å². The van der Waals surface area contributed by atoms with Crippen LogP contribution in [0, 0.1) is 0 Å². The summed E-state index contributed by atoms with van der Waals surface area (Å²) in [5.41, 5.74) is 0. The van der Waals surface area contributed by atoms with Crippen molar-refractivity contribution in [1.29, 1.82) is 0 Å². The van der Waals surface area contributed by atoms with E-state index < -0.39 is 0 Å². The zero-order valence-electron chi connectivity index (χ0n) is 9.01. The molecule has 0 aliphatic heterocycles. The predicted molar refractivity (Wildman–Crippen MR) is 61.8 cm³/mol. The Morgan fingerprint density at radius 3 is 2.86 bits per heavy atom. The number of nitrogens with one attached hydrogen (secondary N) is 2. The van der Waals surface area contributed by atoms with E-state index in [0.717, 1.165) is 18.1 Å². The average molecular weight is 216 g/mol. The second-order valence-electron chi connectivity index (χ2n) is 3.59. The van der Waals surface area contributed by atoms with E-state index in [1.165, 1.54) is 12.2 Å². The van der Waals surface area contributed by atoms with Gasteiger partial charge >= 0.3 is 6.03 Å². The Hall–Kier alpha value is -0.380. The van der Waals surface area contributed by atoms with Crippen LogP contribution in [0.1, 0.15) is 33.1 Å². The highest BCUT2D eigenvalue weighted by Crippen LogP contribution is 2.29. The summed E-state index contributed by atoms with van der Waals surface area (Å²) in [6.45, 7) is 4.82. The number of carbonyl (C=O) groups is 1. The molecule has 2 amide bonds.